The molecule has 0 bridgehead atoms. The summed E-state index contributed by atoms with van der Waals surface area (Å²) in [5.41, 5.74) is 0.941. The Balaban J connectivity index is 1.68. The molecule has 1 saturated heterocycles. The second kappa shape index (κ2) is 6.39. The van der Waals surface area contributed by atoms with E-state index in [0.29, 0.717) is 5.95 Å². The van der Waals surface area contributed by atoms with E-state index in [-0.39, 0.29) is 11.9 Å². The van der Waals surface area contributed by atoms with E-state index in [0.717, 1.165) is 11.0 Å². The number of rotatable bonds is 4. The molecule has 7 heteroatoms. The van der Waals surface area contributed by atoms with Gasteiger partial charge in [-0.2, -0.15) is 0 Å². The number of hydrogen-bond donors (Lipinski definition) is 1. The first kappa shape index (κ1) is 17.8. The Hall–Kier alpha value is -1.99. The molecule has 2 heterocycles. The molecule has 132 valence electrons. The lowest BCUT2D eigenvalue weighted by atomic mass is 9.81. The summed E-state index contributed by atoms with van der Waals surface area (Å²) in [7, 11) is -0.478. The summed E-state index contributed by atoms with van der Waals surface area (Å²) in [6.07, 6.45) is 3.41. The van der Waals surface area contributed by atoms with Gasteiger partial charge in [0.25, 0.3) is 0 Å². The van der Waals surface area contributed by atoms with Crippen molar-refractivity contribution in [1.29, 1.82) is 0 Å². The second-order valence-corrected chi connectivity index (χ2v) is 7.35. The van der Waals surface area contributed by atoms with Crippen molar-refractivity contribution < 1.29 is 13.7 Å². The molecule has 2 aromatic rings. The van der Waals surface area contributed by atoms with Crippen molar-refractivity contribution in [2.45, 2.75) is 51.9 Å². The molecule has 1 aliphatic rings. The van der Waals surface area contributed by atoms with Gasteiger partial charge in [0, 0.05) is 17.9 Å². The third-order valence-corrected chi connectivity index (χ3v) is 4.91. The van der Waals surface area contributed by atoms with Crippen LogP contribution in [-0.4, -0.2) is 28.3 Å². The minimum atomic E-state index is -0.478. The molecule has 25 heavy (non-hydrogen) atoms. The van der Waals surface area contributed by atoms with E-state index in [2.05, 4.69) is 15.3 Å². The number of halogens is 1. The Labute approximate surface area is 148 Å². The van der Waals surface area contributed by atoms with E-state index in [1.54, 1.807) is 24.5 Å². The molecule has 1 fully saturated rings. The zero-order chi connectivity index (χ0) is 18.2. The van der Waals surface area contributed by atoms with Crippen LogP contribution in [0, 0.1) is 5.82 Å². The van der Waals surface area contributed by atoms with Gasteiger partial charge < -0.3 is 14.6 Å². The third kappa shape index (κ3) is 3.67. The normalized spacial score (nSPS) is 19.7. The fourth-order valence-corrected chi connectivity index (χ4v) is 2.54. The number of nitrogens with zero attached hydrogens (tertiary/aromatic N) is 2. The van der Waals surface area contributed by atoms with E-state index in [4.69, 9.17) is 9.31 Å². The Morgan fingerprint density at radius 3 is 2.04 bits per heavy atom. The van der Waals surface area contributed by atoms with Gasteiger partial charge in [-0.15, -0.1) is 0 Å². The SMILES string of the molecule is C[C@@H](Nc1ncc(B2OC(C)(C)C(C)(C)O2)cn1)c1ccc(F)cc1. The van der Waals surface area contributed by atoms with Crippen LogP contribution in [0.5, 0.6) is 0 Å². The van der Waals surface area contributed by atoms with Gasteiger partial charge in [-0.05, 0) is 52.3 Å². The predicted octanol–water partition coefficient (Wildman–Crippen LogP) is 3.09. The fraction of sp³-hybridized carbons (Fsp3) is 0.444. The number of nitrogens with one attached hydrogen (secondary N) is 1. The maximum absolute atomic E-state index is 13.0. The largest absolute Gasteiger partial charge is 0.498 e. The van der Waals surface area contributed by atoms with Gasteiger partial charge >= 0.3 is 7.12 Å². The highest BCUT2D eigenvalue weighted by Crippen LogP contribution is 2.36. The fourth-order valence-electron chi connectivity index (χ4n) is 2.54. The van der Waals surface area contributed by atoms with Gasteiger partial charge in [-0.25, -0.2) is 14.4 Å². The first-order valence-corrected chi connectivity index (χ1v) is 8.37. The van der Waals surface area contributed by atoms with Crippen LogP contribution >= 0.6 is 0 Å². The first-order chi connectivity index (χ1) is 11.7. The van der Waals surface area contributed by atoms with E-state index in [1.165, 1.54) is 12.1 Å². The number of aromatic nitrogens is 2. The Morgan fingerprint density at radius 2 is 1.52 bits per heavy atom. The van der Waals surface area contributed by atoms with Crippen molar-refractivity contribution in [3.05, 3.63) is 48.0 Å². The standard InChI is InChI=1S/C18H23BFN3O2/c1-12(13-6-8-15(20)9-7-13)23-16-21-10-14(11-22-16)19-24-17(2,3)18(4,5)25-19/h6-12H,1-5H3,(H,21,22,23)/t12-/m1/s1. The van der Waals surface area contributed by atoms with Crippen molar-refractivity contribution in [3.8, 4) is 0 Å². The summed E-state index contributed by atoms with van der Waals surface area (Å²) in [5.74, 6) is 0.246. The zero-order valence-electron chi connectivity index (χ0n) is 15.2. The molecule has 1 N–H and O–H groups in total. The number of benzene rings is 1. The van der Waals surface area contributed by atoms with Crippen LogP contribution in [0.4, 0.5) is 10.3 Å². The van der Waals surface area contributed by atoms with E-state index < -0.39 is 18.3 Å². The van der Waals surface area contributed by atoms with Crippen LogP contribution in [0.2, 0.25) is 0 Å². The lowest BCUT2D eigenvalue weighted by Gasteiger charge is -2.32. The molecule has 1 aliphatic heterocycles. The Kier molecular flexibility index (Phi) is 4.55. The maximum Gasteiger partial charge on any atom is 0.498 e. The summed E-state index contributed by atoms with van der Waals surface area (Å²) >= 11 is 0. The Bertz CT molecular complexity index is 719. The molecule has 5 nitrogen and oxygen atoms in total. The second-order valence-electron chi connectivity index (χ2n) is 7.35. The molecule has 0 spiro atoms. The van der Waals surface area contributed by atoms with Crippen molar-refractivity contribution in [2.75, 3.05) is 5.32 Å². The number of anilines is 1. The molecule has 1 aromatic heterocycles. The molecule has 0 radical (unpaired) electrons. The van der Waals surface area contributed by atoms with Crippen LogP contribution in [0.15, 0.2) is 36.7 Å². The van der Waals surface area contributed by atoms with Crippen LogP contribution in [0.1, 0.15) is 46.2 Å². The molecule has 1 aromatic carbocycles. The van der Waals surface area contributed by atoms with Crippen molar-refractivity contribution in [2.24, 2.45) is 0 Å². The monoisotopic (exact) mass is 343 g/mol. The smallest absolute Gasteiger partial charge is 0.399 e. The number of hydrogen-bond acceptors (Lipinski definition) is 5. The molecule has 0 aliphatic carbocycles. The highest BCUT2D eigenvalue weighted by molar-refractivity contribution is 6.61. The molecule has 0 amide bonds. The minimum absolute atomic E-state index is 0.0386. The van der Waals surface area contributed by atoms with Gasteiger partial charge in [0.05, 0.1) is 17.2 Å². The summed E-state index contributed by atoms with van der Waals surface area (Å²) in [6, 6.07) is 6.33. The summed E-state index contributed by atoms with van der Waals surface area (Å²) in [4.78, 5) is 8.69. The van der Waals surface area contributed by atoms with E-state index in [9.17, 15) is 4.39 Å². The van der Waals surface area contributed by atoms with Gasteiger partial charge in [-0.1, -0.05) is 12.1 Å². The van der Waals surface area contributed by atoms with Gasteiger partial charge in [0.15, 0.2) is 0 Å². The van der Waals surface area contributed by atoms with Crippen molar-refractivity contribution in [1.82, 2.24) is 9.97 Å². The van der Waals surface area contributed by atoms with Crippen molar-refractivity contribution >= 4 is 18.5 Å². The van der Waals surface area contributed by atoms with E-state index >= 15 is 0 Å². The summed E-state index contributed by atoms with van der Waals surface area (Å²) < 4.78 is 25.0. The molecular weight excluding hydrogens is 320 g/mol. The third-order valence-electron chi connectivity index (χ3n) is 4.91. The quantitative estimate of drug-likeness (QED) is 0.865. The molecule has 0 saturated carbocycles. The van der Waals surface area contributed by atoms with Gasteiger partial charge in [0.1, 0.15) is 5.82 Å². The van der Waals surface area contributed by atoms with Crippen LogP contribution in [-0.2, 0) is 9.31 Å². The lowest BCUT2D eigenvalue weighted by Crippen LogP contribution is -2.41. The highest BCUT2D eigenvalue weighted by atomic mass is 19.1. The van der Waals surface area contributed by atoms with E-state index in [1.807, 2.05) is 34.6 Å². The van der Waals surface area contributed by atoms with Gasteiger partial charge in [-0.3, -0.25) is 0 Å². The first-order valence-electron chi connectivity index (χ1n) is 8.37. The molecular formula is C18H23BFN3O2. The minimum Gasteiger partial charge on any atom is -0.399 e. The average Bonchev–Trinajstić information content (AvgIpc) is 2.76. The molecule has 1 atom stereocenters. The topological polar surface area (TPSA) is 56.3 Å². The maximum atomic E-state index is 13.0. The molecule has 3 rings (SSSR count). The summed E-state index contributed by atoms with van der Waals surface area (Å²) in [5, 5.41) is 3.20. The highest BCUT2D eigenvalue weighted by Gasteiger charge is 2.51. The van der Waals surface area contributed by atoms with Crippen LogP contribution < -0.4 is 10.8 Å². The lowest BCUT2D eigenvalue weighted by molar-refractivity contribution is 0.00578. The van der Waals surface area contributed by atoms with Gasteiger partial charge in [0.2, 0.25) is 5.95 Å². The molecule has 0 unspecified atom stereocenters. The van der Waals surface area contributed by atoms with Crippen LogP contribution in [0.25, 0.3) is 0 Å². The Morgan fingerprint density at radius 1 is 1.00 bits per heavy atom. The zero-order valence-corrected chi connectivity index (χ0v) is 15.2. The average molecular weight is 343 g/mol. The van der Waals surface area contributed by atoms with Crippen molar-refractivity contribution in [3.63, 3.8) is 0 Å². The predicted molar refractivity (Wildman–Crippen MR) is 96.2 cm³/mol. The summed E-state index contributed by atoms with van der Waals surface area (Å²) in [6.45, 7) is 10.0. The van der Waals surface area contributed by atoms with Crippen LogP contribution in [0.3, 0.4) is 0 Å².